The fraction of sp³-hybridized carbons (Fsp3) is 0.500. The molecule has 120 valence electrons. The number of morpholine rings is 1. The minimum atomic E-state index is -0.220. The van der Waals surface area contributed by atoms with Gasteiger partial charge in [-0.2, -0.15) is 0 Å². The number of hydrogen-bond donors (Lipinski definition) is 2. The molecule has 0 saturated carbocycles. The van der Waals surface area contributed by atoms with Crippen molar-refractivity contribution in [2.45, 2.75) is 13.3 Å². The second kappa shape index (κ2) is 7.91. The van der Waals surface area contributed by atoms with Crippen molar-refractivity contribution in [2.75, 3.05) is 38.2 Å². The first-order chi connectivity index (χ1) is 10.6. The smallest absolute Gasteiger partial charge is 0.228 e. The molecule has 1 atom stereocenters. The van der Waals surface area contributed by atoms with Crippen LogP contribution in [0.3, 0.4) is 0 Å². The van der Waals surface area contributed by atoms with Crippen molar-refractivity contribution >= 4 is 17.5 Å². The Hall–Kier alpha value is -1.92. The van der Waals surface area contributed by atoms with E-state index < -0.39 is 0 Å². The molecule has 0 bridgehead atoms. The van der Waals surface area contributed by atoms with E-state index in [0.29, 0.717) is 45.0 Å². The monoisotopic (exact) mass is 305 g/mol. The second-order valence-corrected chi connectivity index (χ2v) is 5.49. The van der Waals surface area contributed by atoms with Crippen LogP contribution in [-0.4, -0.2) is 49.6 Å². The second-order valence-electron chi connectivity index (χ2n) is 5.49. The maximum absolute atomic E-state index is 12.1. The topological polar surface area (TPSA) is 84.7 Å². The Morgan fingerprint density at radius 2 is 1.91 bits per heavy atom. The summed E-state index contributed by atoms with van der Waals surface area (Å²) in [4.78, 5) is 25.7. The fourth-order valence-corrected chi connectivity index (χ4v) is 2.18. The van der Waals surface area contributed by atoms with Crippen molar-refractivity contribution < 1.29 is 14.3 Å². The van der Waals surface area contributed by atoms with Gasteiger partial charge in [-0.15, -0.1) is 0 Å². The predicted octanol–water partition coefficient (Wildman–Crippen LogP) is 0.621. The third-order valence-corrected chi connectivity index (χ3v) is 3.74. The van der Waals surface area contributed by atoms with Gasteiger partial charge in [0.25, 0.3) is 0 Å². The van der Waals surface area contributed by atoms with Crippen molar-refractivity contribution in [1.82, 2.24) is 4.90 Å². The van der Waals surface area contributed by atoms with Crippen LogP contribution in [0.1, 0.15) is 12.5 Å². The molecule has 1 fully saturated rings. The van der Waals surface area contributed by atoms with Gasteiger partial charge in [0.2, 0.25) is 11.8 Å². The van der Waals surface area contributed by atoms with Crippen molar-refractivity contribution in [2.24, 2.45) is 11.7 Å². The maximum Gasteiger partial charge on any atom is 0.228 e. The maximum atomic E-state index is 12.1. The molecule has 1 unspecified atom stereocenters. The van der Waals surface area contributed by atoms with E-state index in [1.807, 2.05) is 29.2 Å². The lowest BCUT2D eigenvalue weighted by molar-refractivity contribution is -0.134. The van der Waals surface area contributed by atoms with Gasteiger partial charge < -0.3 is 20.7 Å². The number of amides is 2. The van der Waals surface area contributed by atoms with Gasteiger partial charge in [0.15, 0.2) is 0 Å². The zero-order chi connectivity index (χ0) is 15.9. The highest BCUT2D eigenvalue weighted by Crippen LogP contribution is 2.12. The summed E-state index contributed by atoms with van der Waals surface area (Å²) in [6.07, 6.45) is 0.368. The summed E-state index contributed by atoms with van der Waals surface area (Å²) in [5, 5.41) is 2.81. The molecule has 0 aromatic heterocycles. The minimum Gasteiger partial charge on any atom is -0.378 e. The van der Waals surface area contributed by atoms with Crippen LogP contribution in [0.25, 0.3) is 0 Å². The van der Waals surface area contributed by atoms with Crippen molar-refractivity contribution in [1.29, 1.82) is 0 Å². The molecule has 22 heavy (non-hydrogen) atoms. The van der Waals surface area contributed by atoms with Crippen LogP contribution >= 0.6 is 0 Å². The van der Waals surface area contributed by atoms with Crippen LogP contribution in [0.15, 0.2) is 24.3 Å². The quantitative estimate of drug-likeness (QED) is 0.835. The highest BCUT2D eigenvalue weighted by atomic mass is 16.5. The molecule has 0 radical (unpaired) electrons. The molecule has 1 aliphatic heterocycles. The van der Waals surface area contributed by atoms with Crippen molar-refractivity contribution in [3.8, 4) is 0 Å². The Bertz CT molecular complexity index is 510. The number of carbonyl (C=O) groups is 2. The lowest BCUT2D eigenvalue weighted by atomic mass is 10.1. The van der Waals surface area contributed by atoms with Gasteiger partial charge in [-0.25, -0.2) is 0 Å². The zero-order valence-corrected chi connectivity index (χ0v) is 12.9. The number of ether oxygens (including phenoxy) is 1. The van der Waals surface area contributed by atoms with Gasteiger partial charge in [0, 0.05) is 31.2 Å². The normalized spacial score (nSPS) is 16.2. The molecule has 0 aliphatic carbocycles. The number of nitrogens with two attached hydrogens (primary N) is 1. The average molecular weight is 305 g/mol. The summed E-state index contributed by atoms with van der Waals surface area (Å²) in [7, 11) is 0. The summed E-state index contributed by atoms with van der Waals surface area (Å²) in [6, 6.07) is 7.34. The molecular weight excluding hydrogens is 282 g/mol. The highest BCUT2D eigenvalue weighted by molar-refractivity contribution is 5.92. The number of rotatable bonds is 5. The standard InChI is InChI=1S/C16H23N3O3/c1-12(11-17)16(21)18-14-4-2-13(3-5-14)10-15(20)19-6-8-22-9-7-19/h2-5,12H,6-11,17H2,1H3,(H,18,21). The van der Waals surface area contributed by atoms with Gasteiger partial charge in [-0.1, -0.05) is 19.1 Å². The molecule has 1 aromatic rings. The lowest BCUT2D eigenvalue weighted by Gasteiger charge is -2.26. The Morgan fingerprint density at radius 1 is 1.27 bits per heavy atom. The molecule has 1 heterocycles. The van der Waals surface area contributed by atoms with E-state index in [-0.39, 0.29) is 17.7 Å². The third-order valence-electron chi connectivity index (χ3n) is 3.74. The molecular formula is C16H23N3O3. The van der Waals surface area contributed by atoms with E-state index in [4.69, 9.17) is 10.5 Å². The highest BCUT2D eigenvalue weighted by Gasteiger charge is 2.17. The van der Waals surface area contributed by atoms with Crippen LogP contribution in [0.5, 0.6) is 0 Å². The Kier molecular flexibility index (Phi) is 5.91. The minimum absolute atomic E-state index is 0.0976. The Balaban J connectivity index is 1.88. The number of nitrogens with zero attached hydrogens (tertiary/aromatic N) is 1. The predicted molar refractivity (Wildman–Crippen MR) is 84.4 cm³/mol. The summed E-state index contributed by atoms with van der Waals surface area (Å²) >= 11 is 0. The van der Waals surface area contributed by atoms with Gasteiger partial charge >= 0.3 is 0 Å². The van der Waals surface area contributed by atoms with E-state index in [9.17, 15) is 9.59 Å². The van der Waals surface area contributed by atoms with E-state index >= 15 is 0 Å². The van der Waals surface area contributed by atoms with Crippen molar-refractivity contribution in [3.63, 3.8) is 0 Å². The SMILES string of the molecule is CC(CN)C(=O)Nc1ccc(CC(=O)N2CCOCC2)cc1. The van der Waals surface area contributed by atoms with Crippen LogP contribution in [-0.2, 0) is 20.7 Å². The number of benzene rings is 1. The Labute approximate surface area is 130 Å². The molecule has 1 aromatic carbocycles. The molecule has 2 amide bonds. The molecule has 1 aliphatic rings. The number of anilines is 1. The van der Waals surface area contributed by atoms with Crippen LogP contribution in [0.2, 0.25) is 0 Å². The van der Waals surface area contributed by atoms with Crippen LogP contribution in [0, 0.1) is 5.92 Å². The first-order valence-corrected chi connectivity index (χ1v) is 7.55. The lowest BCUT2D eigenvalue weighted by Crippen LogP contribution is -2.41. The molecule has 1 saturated heterocycles. The third kappa shape index (κ3) is 4.54. The Morgan fingerprint density at radius 3 is 2.50 bits per heavy atom. The molecule has 3 N–H and O–H groups in total. The number of hydrogen-bond acceptors (Lipinski definition) is 4. The van der Waals surface area contributed by atoms with E-state index in [0.717, 1.165) is 5.56 Å². The number of carbonyl (C=O) groups excluding carboxylic acids is 2. The first-order valence-electron chi connectivity index (χ1n) is 7.55. The summed E-state index contributed by atoms with van der Waals surface area (Å²) < 4.78 is 5.24. The van der Waals surface area contributed by atoms with Gasteiger partial charge in [-0.3, -0.25) is 9.59 Å². The van der Waals surface area contributed by atoms with E-state index in [2.05, 4.69) is 5.32 Å². The summed E-state index contributed by atoms with van der Waals surface area (Å²) in [6.45, 7) is 4.63. The fourth-order valence-electron chi connectivity index (χ4n) is 2.18. The number of nitrogens with one attached hydrogen (secondary N) is 1. The molecule has 6 nitrogen and oxygen atoms in total. The van der Waals surface area contributed by atoms with Gasteiger partial charge in [-0.05, 0) is 17.7 Å². The summed E-state index contributed by atoms with van der Waals surface area (Å²) in [5.41, 5.74) is 7.11. The molecule has 6 heteroatoms. The zero-order valence-electron chi connectivity index (χ0n) is 12.9. The van der Waals surface area contributed by atoms with E-state index in [1.165, 1.54) is 0 Å². The van der Waals surface area contributed by atoms with Crippen LogP contribution in [0.4, 0.5) is 5.69 Å². The van der Waals surface area contributed by atoms with Gasteiger partial charge in [0.1, 0.15) is 0 Å². The first kappa shape index (κ1) is 16.5. The molecule has 0 spiro atoms. The van der Waals surface area contributed by atoms with E-state index in [1.54, 1.807) is 6.92 Å². The molecule has 2 rings (SSSR count). The largest absolute Gasteiger partial charge is 0.378 e. The van der Waals surface area contributed by atoms with Gasteiger partial charge in [0.05, 0.1) is 19.6 Å². The van der Waals surface area contributed by atoms with Crippen LogP contribution < -0.4 is 11.1 Å². The average Bonchev–Trinajstić information content (AvgIpc) is 2.56. The summed E-state index contributed by atoms with van der Waals surface area (Å²) in [5.74, 6) is -0.209. The van der Waals surface area contributed by atoms with Crippen molar-refractivity contribution in [3.05, 3.63) is 29.8 Å².